The first-order valence-corrected chi connectivity index (χ1v) is 7.19. The Morgan fingerprint density at radius 1 is 1.38 bits per heavy atom. The highest BCUT2D eigenvalue weighted by Crippen LogP contribution is 2.29. The molecule has 130 valence electrons. The first kappa shape index (κ1) is 17.9. The Morgan fingerprint density at radius 2 is 2.08 bits per heavy atom. The van der Waals surface area contributed by atoms with E-state index in [1.54, 1.807) is 6.92 Å². The summed E-state index contributed by atoms with van der Waals surface area (Å²) in [4.78, 5) is 14.9. The number of benzene rings is 1. The van der Waals surface area contributed by atoms with Crippen molar-refractivity contribution in [3.63, 3.8) is 0 Å². The molecule has 0 spiro atoms. The van der Waals surface area contributed by atoms with Crippen LogP contribution in [0.4, 0.5) is 17.6 Å². The molecule has 1 unspecified atom stereocenters. The Kier molecular flexibility index (Phi) is 5.20. The smallest absolute Gasteiger partial charge is 0.352 e. The van der Waals surface area contributed by atoms with Crippen molar-refractivity contribution in [2.45, 2.75) is 33.0 Å². The SMILES string of the molecule is CCC(C)C(=O)NCc1ccc(-c2noc(C(F)(F)F)n2)cc1F. The summed E-state index contributed by atoms with van der Waals surface area (Å²) in [5.74, 6) is -2.93. The van der Waals surface area contributed by atoms with Gasteiger partial charge in [-0.25, -0.2) is 4.39 Å². The molecule has 0 fully saturated rings. The third-order valence-corrected chi connectivity index (χ3v) is 3.49. The lowest BCUT2D eigenvalue weighted by atomic mass is 10.1. The van der Waals surface area contributed by atoms with Crippen LogP contribution in [0, 0.1) is 11.7 Å². The number of amides is 1. The van der Waals surface area contributed by atoms with Crippen molar-refractivity contribution in [2.75, 3.05) is 0 Å². The summed E-state index contributed by atoms with van der Waals surface area (Å²) < 4.78 is 55.4. The van der Waals surface area contributed by atoms with Crippen LogP contribution in [0.2, 0.25) is 0 Å². The Hall–Kier alpha value is -2.45. The molecule has 2 aromatic rings. The number of carbonyl (C=O) groups excluding carboxylic acids is 1. The second kappa shape index (κ2) is 6.98. The van der Waals surface area contributed by atoms with Crippen molar-refractivity contribution in [1.82, 2.24) is 15.5 Å². The summed E-state index contributed by atoms with van der Waals surface area (Å²) in [6.07, 6.45) is -4.10. The largest absolute Gasteiger partial charge is 0.471 e. The summed E-state index contributed by atoms with van der Waals surface area (Å²) in [6, 6.07) is 3.71. The molecule has 5 nitrogen and oxygen atoms in total. The minimum Gasteiger partial charge on any atom is -0.352 e. The van der Waals surface area contributed by atoms with Crippen LogP contribution in [0.1, 0.15) is 31.7 Å². The maximum atomic E-state index is 14.1. The fourth-order valence-electron chi connectivity index (χ4n) is 1.83. The number of aromatic nitrogens is 2. The first-order valence-electron chi connectivity index (χ1n) is 7.19. The molecule has 1 N–H and O–H groups in total. The Labute approximate surface area is 135 Å². The van der Waals surface area contributed by atoms with E-state index >= 15 is 0 Å². The van der Waals surface area contributed by atoms with Crippen molar-refractivity contribution in [3.05, 3.63) is 35.5 Å². The number of halogens is 4. The maximum Gasteiger partial charge on any atom is 0.471 e. The molecule has 2 rings (SSSR count). The van der Waals surface area contributed by atoms with Crippen LogP contribution in [0.5, 0.6) is 0 Å². The summed E-state index contributed by atoms with van der Waals surface area (Å²) in [6.45, 7) is 3.60. The number of nitrogens with zero attached hydrogens (tertiary/aromatic N) is 2. The number of rotatable bonds is 5. The topological polar surface area (TPSA) is 68.0 Å². The minimum atomic E-state index is -4.76. The van der Waals surface area contributed by atoms with Crippen molar-refractivity contribution in [2.24, 2.45) is 5.92 Å². The molecule has 0 aliphatic carbocycles. The average molecular weight is 345 g/mol. The number of carbonyl (C=O) groups is 1. The van der Waals surface area contributed by atoms with Crippen LogP contribution in [0.25, 0.3) is 11.4 Å². The molecule has 0 aliphatic rings. The highest BCUT2D eigenvalue weighted by Gasteiger charge is 2.38. The van der Waals surface area contributed by atoms with Gasteiger partial charge < -0.3 is 9.84 Å². The molecule has 1 amide bonds. The molecule has 1 heterocycles. The van der Waals surface area contributed by atoms with E-state index in [2.05, 4.69) is 20.0 Å². The van der Waals surface area contributed by atoms with E-state index in [-0.39, 0.29) is 35.3 Å². The molecular weight excluding hydrogens is 330 g/mol. The standard InChI is InChI=1S/C15H15F4N3O2/c1-3-8(2)13(23)20-7-10-5-4-9(6-11(10)16)12-21-14(24-22-12)15(17,18)19/h4-6,8H,3,7H2,1-2H3,(H,20,23). The van der Waals surface area contributed by atoms with Gasteiger partial charge in [0.05, 0.1) is 0 Å². The Morgan fingerprint density at radius 3 is 2.62 bits per heavy atom. The van der Waals surface area contributed by atoms with Gasteiger partial charge in [-0.2, -0.15) is 18.2 Å². The number of hydrogen-bond donors (Lipinski definition) is 1. The van der Waals surface area contributed by atoms with Crippen LogP contribution in [0.3, 0.4) is 0 Å². The lowest BCUT2D eigenvalue weighted by Crippen LogP contribution is -2.28. The highest BCUT2D eigenvalue weighted by molar-refractivity contribution is 5.78. The first-order chi connectivity index (χ1) is 11.2. The third-order valence-electron chi connectivity index (χ3n) is 3.49. The van der Waals surface area contributed by atoms with Gasteiger partial charge in [-0.1, -0.05) is 31.1 Å². The highest BCUT2D eigenvalue weighted by atomic mass is 19.4. The van der Waals surface area contributed by atoms with Crippen molar-refractivity contribution >= 4 is 5.91 Å². The summed E-state index contributed by atoms with van der Waals surface area (Å²) in [5.41, 5.74) is 0.249. The average Bonchev–Trinajstić information content (AvgIpc) is 3.02. The fraction of sp³-hybridized carbons (Fsp3) is 0.400. The molecular formula is C15H15F4N3O2. The quantitative estimate of drug-likeness (QED) is 0.842. The lowest BCUT2D eigenvalue weighted by molar-refractivity contribution is -0.159. The van der Waals surface area contributed by atoms with Gasteiger partial charge >= 0.3 is 12.1 Å². The van der Waals surface area contributed by atoms with Gasteiger partial charge in [-0.3, -0.25) is 4.79 Å². The van der Waals surface area contributed by atoms with Crippen molar-refractivity contribution in [3.8, 4) is 11.4 Å². The number of alkyl halides is 3. The van der Waals surface area contributed by atoms with E-state index < -0.39 is 17.9 Å². The van der Waals surface area contributed by atoms with E-state index in [0.29, 0.717) is 6.42 Å². The zero-order valence-corrected chi connectivity index (χ0v) is 12.9. The van der Waals surface area contributed by atoms with E-state index in [4.69, 9.17) is 0 Å². The Balaban J connectivity index is 2.12. The molecule has 1 atom stereocenters. The van der Waals surface area contributed by atoms with Crippen LogP contribution >= 0.6 is 0 Å². The van der Waals surface area contributed by atoms with Gasteiger partial charge in [0, 0.05) is 23.6 Å². The van der Waals surface area contributed by atoms with E-state index in [1.807, 2.05) is 6.92 Å². The number of hydrogen-bond acceptors (Lipinski definition) is 4. The van der Waals surface area contributed by atoms with Crippen molar-refractivity contribution in [1.29, 1.82) is 0 Å². The molecule has 0 bridgehead atoms. The van der Waals surface area contributed by atoms with E-state index in [1.165, 1.54) is 12.1 Å². The van der Waals surface area contributed by atoms with Gasteiger partial charge in [0.1, 0.15) is 5.82 Å². The molecule has 24 heavy (non-hydrogen) atoms. The molecule has 0 aliphatic heterocycles. The molecule has 0 radical (unpaired) electrons. The zero-order chi connectivity index (χ0) is 17.9. The predicted molar refractivity (Wildman–Crippen MR) is 76.0 cm³/mol. The molecule has 9 heteroatoms. The maximum absolute atomic E-state index is 14.1. The van der Waals surface area contributed by atoms with Crippen LogP contribution in [-0.4, -0.2) is 16.0 Å². The minimum absolute atomic E-state index is 0.0185. The van der Waals surface area contributed by atoms with Gasteiger partial charge in [-0.15, -0.1) is 0 Å². The van der Waals surface area contributed by atoms with Crippen LogP contribution < -0.4 is 5.32 Å². The predicted octanol–water partition coefficient (Wildman–Crippen LogP) is 3.56. The van der Waals surface area contributed by atoms with Gasteiger partial charge in [0.25, 0.3) is 0 Å². The van der Waals surface area contributed by atoms with Gasteiger partial charge in [0.2, 0.25) is 11.7 Å². The number of nitrogens with one attached hydrogen (secondary N) is 1. The molecule has 0 saturated heterocycles. The van der Waals surface area contributed by atoms with Gasteiger partial charge in [0.15, 0.2) is 0 Å². The normalized spacial score (nSPS) is 12.9. The molecule has 1 aromatic heterocycles. The van der Waals surface area contributed by atoms with Crippen LogP contribution in [-0.2, 0) is 17.5 Å². The van der Waals surface area contributed by atoms with E-state index in [0.717, 1.165) is 6.07 Å². The summed E-state index contributed by atoms with van der Waals surface area (Å²) >= 11 is 0. The summed E-state index contributed by atoms with van der Waals surface area (Å²) in [7, 11) is 0. The fourth-order valence-corrected chi connectivity index (χ4v) is 1.83. The molecule has 1 aromatic carbocycles. The van der Waals surface area contributed by atoms with Gasteiger partial charge in [-0.05, 0) is 12.5 Å². The second-order valence-corrected chi connectivity index (χ2v) is 5.25. The summed E-state index contributed by atoms with van der Waals surface area (Å²) in [5, 5.41) is 5.79. The van der Waals surface area contributed by atoms with Crippen molar-refractivity contribution < 1.29 is 26.9 Å². The van der Waals surface area contributed by atoms with Crippen LogP contribution in [0.15, 0.2) is 22.7 Å². The second-order valence-electron chi connectivity index (χ2n) is 5.25. The third kappa shape index (κ3) is 4.09. The zero-order valence-electron chi connectivity index (χ0n) is 12.9. The Bertz CT molecular complexity index is 728. The lowest BCUT2D eigenvalue weighted by Gasteiger charge is -2.10. The molecule has 0 saturated carbocycles. The monoisotopic (exact) mass is 345 g/mol. The van der Waals surface area contributed by atoms with E-state index in [9.17, 15) is 22.4 Å².